The van der Waals surface area contributed by atoms with Crippen LogP contribution in [0.2, 0.25) is 5.15 Å². The summed E-state index contributed by atoms with van der Waals surface area (Å²) in [5, 5.41) is 18.9. The van der Waals surface area contributed by atoms with Gasteiger partial charge in [-0.25, -0.2) is 14.6 Å². The molecule has 0 bridgehead atoms. The Morgan fingerprint density at radius 1 is 1.32 bits per heavy atom. The third kappa shape index (κ3) is 2.96. The van der Waals surface area contributed by atoms with E-state index in [0.29, 0.717) is 11.9 Å². The van der Waals surface area contributed by atoms with E-state index in [9.17, 15) is 9.59 Å². The van der Waals surface area contributed by atoms with Gasteiger partial charge in [-0.2, -0.15) is 0 Å². The van der Waals surface area contributed by atoms with Crippen LogP contribution in [0.3, 0.4) is 0 Å². The Morgan fingerprint density at radius 3 is 2.50 bits per heavy atom. The molecule has 1 aromatic heterocycles. The predicted octanol–water partition coefficient (Wildman–Crippen LogP) is 2.68. The average molecular weight is 324 g/mol. The molecule has 2 N–H and O–H groups in total. The summed E-state index contributed by atoms with van der Waals surface area (Å²) in [6, 6.07) is 5.06. The summed E-state index contributed by atoms with van der Waals surface area (Å²) in [5.41, 5.74) is 2.10. The molecule has 116 valence electrons. The van der Waals surface area contributed by atoms with Crippen molar-refractivity contribution in [1.29, 1.82) is 0 Å². The van der Waals surface area contributed by atoms with E-state index in [-0.39, 0.29) is 10.9 Å². The van der Waals surface area contributed by atoms with Crippen LogP contribution in [0.15, 0.2) is 18.2 Å². The Bertz CT molecular complexity index is 745. The van der Waals surface area contributed by atoms with Crippen LogP contribution in [-0.2, 0) is 16.0 Å². The molecule has 0 amide bonds. The van der Waals surface area contributed by atoms with Gasteiger partial charge in [-0.05, 0) is 36.6 Å². The topological polar surface area (TPSA) is 96.7 Å². The summed E-state index contributed by atoms with van der Waals surface area (Å²) in [5.74, 6) is -3.10. The van der Waals surface area contributed by atoms with Crippen molar-refractivity contribution in [2.75, 3.05) is 0 Å². The van der Waals surface area contributed by atoms with E-state index in [0.717, 1.165) is 16.5 Å². The normalized spacial score (nSPS) is 10.9. The summed E-state index contributed by atoms with van der Waals surface area (Å²) in [7, 11) is 0. The first-order valence-corrected chi connectivity index (χ1v) is 6.94. The highest BCUT2D eigenvalue weighted by atomic mass is 35.5. The van der Waals surface area contributed by atoms with Crippen molar-refractivity contribution >= 4 is 34.4 Å². The molecule has 7 heteroatoms. The zero-order valence-electron chi connectivity index (χ0n) is 12.0. The number of nitrogens with zero attached hydrogens (tertiary/aromatic N) is 1. The molecule has 0 saturated heterocycles. The van der Waals surface area contributed by atoms with Crippen molar-refractivity contribution in [2.45, 2.75) is 26.4 Å². The van der Waals surface area contributed by atoms with Crippen LogP contribution in [0.4, 0.5) is 0 Å². The average Bonchev–Trinajstić information content (AvgIpc) is 2.45. The monoisotopic (exact) mass is 323 g/mol. The number of rotatable bonds is 5. The second-order valence-corrected chi connectivity index (χ2v) is 5.10. The Balaban J connectivity index is 2.60. The third-order valence-corrected chi connectivity index (χ3v) is 3.59. The second kappa shape index (κ2) is 6.19. The van der Waals surface area contributed by atoms with Crippen LogP contribution in [0.1, 0.15) is 18.1 Å². The SMILES string of the molecule is CCc1cc2c(C)ccc(OC(C(=O)O)C(=O)O)c2nc1Cl. The molecule has 0 saturated carbocycles. The lowest BCUT2D eigenvalue weighted by Crippen LogP contribution is -2.35. The van der Waals surface area contributed by atoms with Crippen molar-refractivity contribution < 1.29 is 24.5 Å². The number of carbonyl (C=O) groups is 2. The van der Waals surface area contributed by atoms with Crippen LogP contribution in [0, 0.1) is 6.92 Å². The number of benzene rings is 1. The lowest BCUT2D eigenvalue weighted by molar-refractivity contribution is -0.158. The van der Waals surface area contributed by atoms with Gasteiger partial charge >= 0.3 is 11.9 Å². The highest BCUT2D eigenvalue weighted by Crippen LogP contribution is 2.31. The number of carboxylic acids is 2. The lowest BCUT2D eigenvalue weighted by Gasteiger charge is -2.14. The first-order valence-electron chi connectivity index (χ1n) is 6.56. The summed E-state index contributed by atoms with van der Waals surface area (Å²) in [6.45, 7) is 3.81. The minimum Gasteiger partial charge on any atom is -0.478 e. The van der Waals surface area contributed by atoms with Crippen LogP contribution < -0.4 is 4.74 Å². The van der Waals surface area contributed by atoms with Gasteiger partial charge in [0.05, 0.1) is 0 Å². The van der Waals surface area contributed by atoms with E-state index in [4.69, 9.17) is 26.6 Å². The number of hydrogen-bond acceptors (Lipinski definition) is 4. The van der Waals surface area contributed by atoms with E-state index >= 15 is 0 Å². The number of halogens is 1. The Hall–Kier alpha value is -2.34. The van der Waals surface area contributed by atoms with E-state index < -0.39 is 18.0 Å². The minimum atomic E-state index is -2.00. The van der Waals surface area contributed by atoms with Gasteiger partial charge in [0, 0.05) is 5.39 Å². The van der Waals surface area contributed by atoms with Gasteiger partial charge in [0.25, 0.3) is 6.10 Å². The van der Waals surface area contributed by atoms with Crippen LogP contribution in [0.5, 0.6) is 5.75 Å². The number of fused-ring (bicyclic) bond motifs is 1. The third-order valence-electron chi connectivity index (χ3n) is 3.27. The first kappa shape index (κ1) is 16.0. The Kier molecular flexibility index (Phi) is 4.51. The van der Waals surface area contributed by atoms with E-state index in [2.05, 4.69) is 4.98 Å². The van der Waals surface area contributed by atoms with Crippen molar-refractivity contribution in [3.63, 3.8) is 0 Å². The number of hydrogen-bond donors (Lipinski definition) is 2. The molecule has 0 aliphatic carbocycles. The molecule has 0 fully saturated rings. The number of carboxylic acid groups (broad SMARTS) is 2. The molecule has 6 nitrogen and oxygen atoms in total. The van der Waals surface area contributed by atoms with E-state index in [1.54, 1.807) is 6.07 Å². The van der Waals surface area contributed by atoms with Gasteiger partial charge in [0.2, 0.25) is 0 Å². The van der Waals surface area contributed by atoms with Gasteiger partial charge in [-0.1, -0.05) is 24.6 Å². The Labute approximate surface area is 131 Å². The van der Waals surface area contributed by atoms with Crippen molar-refractivity contribution in [2.24, 2.45) is 0 Å². The summed E-state index contributed by atoms with van der Waals surface area (Å²) < 4.78 is 5.11. The molecule has 2 rings (SSSR count). The van der Waals surface area contributed by atoms with E-state index in [1.807, 2.05) is 19.9 Å². The fraction of sp³-hybridized carbons (Fsp3) is 0.267. The van der Waals surface area contributed by atoms with Gasteiger partial charge in [0.1, 0.15) is 16.4 Å². The molecule has 0 atom stereocenters. The number of aromatic nitrogens is 1. The molecule has 0 unspecified atom stereocenters. The molecule has 1 heterocycles. The van der Waals surface area contributed by atoms with Crippen molar-refractivity contribution in [3.8, 4) is 5.75 Å². The van der Waals surface area contributed by atoms with E-state index in [1.165, 1.54) is 6.07 Å². The molecule has 0 aliphatic rings. The van der Waals surface area contributed by atoms with Crippen molar-refractivity contribution in [1.82, 2.24) is 4.98 Å². The minimum absolute atomic E-state index is 0.0694. The molecule has 0 aliphatic heterocycles. The highest BCUT2D eigenvalue weighted by molar-refractivity contribution is 6.30. The van der Waals surface area contributed by atoms with Gasteiger partial charge in [0.15, 0.2) is 0 Å². The number of aliphatic carboxylic acids is 2. The smallest absolute Gasteiger partial charge is 0.356 e. The largest absolute Gasteiger partial charge is 0.478 e. The van der Waals surface area contributed by atoms with Crippen molar-refractivity contribution in [3.05, 3.63) is 34.5 Å². The molecule has 2 aromatic rings. The predicted molar refractivity (Wildman–Crippen MR) is 80.6 cm³/mol. The fourth-order valence-corrected chi connectivity index (χ4v) is 2.34. The van der Waals surface area contributed by atoms with Crippen LogP contribution >= 0.6 is 11.6 Å². The quantitative estimate of drug-likeness (QED) is 0.648. The highest BCUT2D eigenvalue weighted by Gasteiger charge is 2.29. The number of pyridine rings is 1. The molecule has 1 aromatic carbocycles. The fourth-order valence-electron chi connectivity index (χ4n) is 2.07. The zero-order valence-corrected chi connectivity index (χ0v) is 12.7. The molecule has 22 heavy (non-hydrogen) atoms. The molecule has 0 radical (unpaired) electrons. The summed E-state index contributed by atoms with van der Waals surface area (Å²) in [6.07, 6.45) is -1.31. The molecular formula is C15H14ClNO5. The van der Waals surface area contributed by atoms with Crippen LogP contribution in [-0.4, -0.2) is 33.2 Å². The molecular weight excluding hydrogens is 310 g/mol. The number of ether oxygens (including phenoxy) is 1. The van der Waals surface area contributed by atoms with Gasteiger partial charge < -0.3 is 14.9 Å². The van der Waals surface area contributed by atoms with Gasteiger partial charge in [-0.3, -0.25) is 0 Å². The standard InChI is InChI=1S/C15H14ClNO5/c1-3-8-6-9-7(2)4-5-10(11(9)17-13(8)16)22-12(14(18)19)15(20)21/h4-6,12H,3H2,1-2H3,(H,18,19)(H,20,21). The van der Waals surface area contributed by atoms with Crippen LogP contribution in [0.25, 0.3) is 10.9 Å². The number of aryl methyl sites for hydroxylation is 2. The Morgan fingerprint density at radius 2 is 1.95 bits per heavy atom. The second-order valence-electron chi connectivity index (χ2n) is 4.74. The first-order chi connectivity index (χ1) is 10.3. The maximum Gasteiger partial charge on any atom is 0.356 e. The summed E-state index contributed by atoms with van der Waals surface area (Å²) in [4.78, 5) is 26.2. The maximum absolute atomic E-state index is 11.0. The maximum atomic E-state index is 11.0. The summed E-state index contributed by atoms with van der Waals surface area (Å²) >= 11 is 6.09. The zero-order chi connectivity index (χ0) is 16.4. The lowest BCUT2D eigenvalue weighted by atomic mass is 10.1. The van der Waals surface area contributed by atoms with Gasteiger partial charge in [-0.15, -0.1) is 0 Å². The molecule has 0 spiro atoms.